The fraction of sp³-hybridized carbons (Fsp3) is 0.500. The van der Waals surface area contributed by atoms with Crippen LogP contribution in [0.2, 0.25) is 0 Å². The Bertz CT molecular complexity index is 508. The van der Waals surface area contributed by atoms with Crippen molar-refractivity contribution in [1.29, 1.82) is 0 Å². The molecule has 1 aromatic rings. The summed E-state index contributed by atoms with van der Waals surface area (Å²) in [6, 6.07) is 4.08. The van der Waals surface area contributed by atoms with Gasteiger partial charge in [0.25, 0.3) is 5.69 Å². The Labute approximate surface area is 116 Å². The van der Waals surface area contributed by atoms with Crippen LogP contribution in [-0.4, -0.2) is 24.4 Å². The number of benzene rings is 1. The maximum absolute atomic E-state index is 11.9. The Morgan fingerprint density at radius 3 is 2.65 bits per heavy atom. The second kappa shape index (κ2) is 6.36. The van der Waals surface area contributed by atoms with Crippen LogP contribution in [0.5, 0.6) is 11.5 Å². The van der Waals surface area contributed by atoms with Crippen LogP contribution in [-0.2, 0) is 4.79 Å². The summed E-state index contributed by atoms with van der Waals surface area (Å²) in [6.45, 7) is -0.0673. The second-order valence-electron chi connectivity index (χ2n) is 4.83. The third-order valence-corrected chi connectivity index (χ3v) is 3.54. The number of carbonyl (C=O) groups excluding carboxylic acids is 1. The summed E-state index contributed by atoms with van der Waals surface area (Å²) < 4.78 is 10.5. The Morgan fingerprint density at radius 1 is 1.35 bits per heavy atom. The van der Waals surface area contributed by atoms with E-state index in [0.29, 0.717) is 5.75 Å². The molecule has 1 aromatic carbocycles. The van der Waals surface area contributed by atoms with E-state index in [1.54, 1.807) is 0 Å². The van der Waals surface area contributed by atoms with Gasteiger partial charge in [0.1, 0.15) is 6.61 Å². The molecule has 0 bridgehead atoms. The molecule has 0 radical (unpaired) electrons. The summed E-state index contributed by atoms with van der Waals surface area (Å²) in [5.41, 5.74) is -0.0888. The monoisotopic (exact) mass is 279 g/mol. The number of Topliss-reactive ketones (excluding diaryl/α,β-unsaturated/α-hetero) is 1. The first kappa shape index (κ1) is 14.3. The predicted molar refractivity (Wildman–Crippen MR) is 72.1 cm³/mol. The van der Waals surface area contributed by atoms with Crippen molar-refractivity contribution in [1.82, 2.24) is 0 Å². The number of nitro benzene ring substituents is 1. The Morgan fingerprint density at radius 2 is 2.05 bits per heavy atom. The SMILES string of the molecule is COc1ccc([N+](=O)[O-])cc1OCC(=O)C1CCCC1. The molecule has 108 valence electrons. The van der Waals surface area contributed by atoms with E-state index in [9.17, 15) is 14.9 Å². The first-order chi connectivity index (χ1) is 9.61. The van der Waals surface area contributed by atoms with Gasteiger partial charge in [-0.15, -0.1) is 0 Å². The van der Waals surface area contributed by atoms with Gasteiger partial charge in [0.05, 0.1) is 18.1 Å². The number of hydrogen-bond acceptors (Lipinski definition) is 5. The molecule has 6 nitrogen and oxygen atoms in total. The molecule has 0 N–H and O–H groups in total. The van der Waals surface area contributed by atoms with Gasteiger partial charge in [-0.2, -0.15) is 0 Å². The molecule has 1 fully saturated rings. The zero-order valence-electron chi connectivity index (χ0n) is 11.3. The van der Waals surface area contributed by atoms with Crippen LogP contribution in [0.3, 0.4) is 0 Å². The number of nitrogens with zero attached hydrogens (tertiary/aromatic N) is 1. The summed E-state index contributed by atoms with van der Waals surface area (Å²) in [5, 5.41) is 10.7. The number of methoxy groups -OCH3 is 1. The van der Waals surface area contributed by atoms with Crippen molar-refractivity contribution in [3.63, 3.8) is 0 Å². The highest BCUT2D eigenvalue weighted by molar-refractivity contribution is 5.82. The van der Waals surface area contributed by atoms with Gasteiger partial charge in [-0.3, -0.25) is 14.9 Å². The molecule has 0 spiro atoms. The van der Waals surface area contributed by atoms with E-state index < -0.39 is 4.92 Å². The minimum Gasteiger partial charge on any atom is -0.493 e. The average Bonchev–Trinajstić information content (AvgIpc) is 2.98. The van der Waals surface area contributed by atoms with E-state index in [1.807, 2.05) is 0 Å². The van der Waals surface area contributed by atoms with Crippen LogP contribution < -0.4 is 9.47 Å². The van der Waals surface area contributed by atoms with E-state index in [1.165, 1.54) is 25.3 Å². The molecular weight excluding hydrogens is 262 g/mol. The van der Waals surface area contributed by atoms with Gasteiger partial charge in [0.15, 0.2) is 17.3 Å². The predicted octanol–water partition coefficient (Wildman–Crippen LogP) is 2.74. The highest BCUT2D eigenvalue weighted by atomic mass is 16.6. The van der Waals surface area contributed by atoms with Crippen molar-refractivity contribution < 1.29 is 19.2 Å². The number of carbonyl (C=O) groups is 1. The van der Waals surface area contributed by atoms with Gasteiger partial charge in [-0.1, -0.05) is 12.8 Å². The van der Waals surface area contributed by atoms with Crippen molar-refractivity contribution in [3.05, 3.63) is 28.3 Å². The number of nitro groups is 1. The maximum atomic E-state index is 11.9. The first-order valence-electron chi connectivity index (χ1n) is 6.59. The Hall–Kier alpha value is -2.11. The zero-order valence-corrected chi connectivity index (χ0v) is 11.3. The summed E-state index contributed by atoms with van der Waals surface area (Å²) in [5.74, 6) is 0.735. The lowest BCUT2D eigenvalue weighted by atomic mass is 10.0. The van der Waals surface area contributed by atoms with Gasteiger partial charge < -0.3 is 9.47 Å². The fourth-order valence-electron chi connectivity index (χ4n) is 2.41. The second-order valence-corrected chi connectivity index (χ2v) is 4.83. The quantitative estimate of drug-likeness (QED) is 0.591. The highest BCUT2D eigenvalue weighted by Crippen LogP contribution is 2.32. The number of ether oxygens (including phenoxy) is 2. The summed E-state index contributed by atoms with van der Waals surface area (Å²) in [6.07, 6.45) is 3.98. The molecule has 0 heterocycles. The number of ketones is 1. The van der Waals surface area contributed by atoms with Crippen LogP contribution in [0, 0.1) is 16.0 Å². The summed E-state index contributed by atoms with van der Waals surface area (Å²) in [7, 11) is 1.45. The van der Waals surface area contributed by atoms with Crippen molar-refractivity contribution in [2.45, 2.75) is 25.7 Å². The van der Waals surface area contributed by atoms with E-state index in [4.69, 9.17) is 9.47 Å². The highest BCUT2D eigenvalue weighted by Gasteiger charge is 2.23. The fourth-order valence-corrected chi connectivity index (χ4v) is 2.41. The topological polar surface area (TPSA) is 78.7 Å². The minimum absolute atomic E-state index is 0.0519. The number of rotatable bonds is 6. The average molecular weight is 279 g/mol. The van der Waals surface area contributed by atoms with Gasteiger partial charge in [0, 0.05) is 12.0 Å². The molecule has 0 amide bonds. The molecule has 2 rings (SSSR count). The van der Waals surface area contributed by atoms with Crippen LogP contribution in [0.25, 0.3) is 0 Å². The molecule has 1 aliphatic carbocycles. The lowest BCUT2D eigenvalue weighted by molar-refractivity contribution is -0.385. The van der Waals surface area contributed by atoms with Gasteiger partial charge in [-0.25, -0.2) is 0 Å². The molecule has 1 saturated carbocycles. The number of hydrogen-bond donors (Lipinski definition) is 0. The number of non-ortho nitro benzene ring substituents is 1. The Kier molecular flexibility index (Phi) is 4.55. The summed E-state index contributed by atoms with van der Waals surface area (Å²) in [4.78, 5) is 22.2. The molecule has 0 saturated heterocycles. The maximum Gasteiger partial charge on any atom is 0.273 e. The molecule has 0 aromatic heterocycles. The van der Waals surface area contributed by atoms with Crippen molar-refractivity contribution in [3.8, 4) is 11.5 Å². The van der Waals surface area contributed by atoms with Gasteiger partial charge in [0.2, 0.25) is 0 Å². The van der Waals surface area contributed by atoms with Gasteiger partial charge >= 0.3 is 0 Å². The minimum atomic E-state index is -0.509. The van der Waals surface area contributed by atoms with Crippen LogP contribution in [0.4, 0.5) is 5.69 Å². The van der Waals surface area contributed by atoms with Crippen LogP contribution in [0.1, 0.15) is 25.7 Å². The third-order valence-electron chi connectivity index (χ3n) is 3.54. The summed E-state index contributed by atoms with van der Waals surface area (Å²) >= 11 is 0. The van der Waals surface area contributed by atoms with E-state index in [2.05, 4.69) is 0 Å². The standard InChI is InChI=1S/C14H17NO5/c1-19-13-7-6-11(15(17)18)8-14(13)20-9-12(16)10-4-2-3-5-10/h6-8,10H,2-5,9H2,1H3. The lowest BCUT2D eigenvalue weighted by Gasteiger charge is -2.12. The molecule has 20 heavy (non-hydrogen) atoms. The molecule has 1 aliphatic rings. The van der Waals surface area contributed by atoms with E-state index in [-0.39, 0.29) is 29.7 Å². The van der Waals surface area contributed by atoms with Crippen molar-refractivity contribution in [2.75, 3.05) is 13.7 Å². The third kappa shape index (κ3) is 3.26. The molecule has 0 aliphatic heterocycles. The van der Waals surface area contributed by atoms with Crippen molar-refractivity contribution >= 4 is 11.5 Å². The normalized spacial score (nSPS) is 15.1. The molecular formula is C14H17NO5. The molecule has 0 atom stereocenters. The zero-order chi connectivity index (χ0) is 14.5. The van der Waals surface area contributed by atoms with Crippen molar-refractivity contribution in [2.24, 2.45) is 5.92 Å². The van der Waals surface area contributed by atoms with E-state index >= 15 is 0 Å². The smallest absolute Gasteiger partial charge is 0.273 e. The molecule has 0 unspecified atom stereocenters. The first-order valence-corrected chi connectivity index (χ1v) is 6.59. The lowest BCUT2D eigenvalue weighted by Crippen LogP contribution is -2.19. The van der Waals surface area contributed by atoms with Crippen LogP contribution >= 0.6 is 0 Å². The van der Waals surface area contributed by atoms with Crippen LogP contribution in [0.15, 0.2) is 18.2 Å². The van der Waals surface area contributed by atoms with Gasteiger partial charge in [-0.05, 0) is 18.9 Å². The van der Waals surface area contributed by atoms with E-state index in [0.717, 1.165) is 25.7 Å². The molecule has 6 heteroatoms. The Balaban J connectivity index is 2.05. The largest absolute Gasteiger partial charge is 0.493 e.